The average molecular weight is 226 g/mol. The van der Waals surface area contributed by atoms with Gasteiger partial charge >= 0.3 is 0 Å². The number of likely N-dealkylation sites (N-methyl/N-ethyl adjacent to an activating group) is 1. The second-order valence-corrected chi connectivity index (χ2v) is 5.19. The van der Waals surface area contributed by atoms with Gasteiger partial charge in [0.15, 0.2) is 0 Å². The van der Waals surface area contributed by atoms with E-state index in [4.69, 9.17) is 0 Å². The lowest BCUT2D eigenvalue weighted by Crippen LogP contribution is -2.35. The van der Waals surface area contributed by atoms with Crippen molar-refractivity contribution in [1.29, 1.82) is 0 Å². The first-order chi connectivity index (χ1) is 7.15. The number of thiophene rings is 1. The Bertz CT molecular complexity index is 257. The fraction of sp³-hybridized carbons (Fsp3) is 0.667. The van der Waals surface area contributed by atoms with E-state index in [0.717, 1.165) is 6.54 Å². The summed E-state index contributed by atoms with van der Waals surface area (Å²) in [5.74, 6) is 0. The van der Waals surface area contributed by atoms with Crippen molar-refractivity contribution in [3.63, 3.8) is 0 Å². The summed E-state index contributed by atoms with van der Waals surface area (Å²) in [5, 5.41) is 5.71. The lowest BCUT2D eigenvalue weighted by molar-refractivity contribution is 0.284. The monoisotopic (exact) mass is 226 g/mol. The zero-order valence-corrected chi connectivity index (χ0v) is 11.0. The summed E-state index contributed by atoms with van der Waals surface area (Å²) in [5.41, 5.74) is 0. The molecule has 1 aromatic heterocycles. The zero-order chi connectivity index (χ0) is 11.3. The van der Waals surface area contributed by atoms with Crippen molar-refractivity contribution in [3.8, 4) is 0 Å². The van der Waals surface area contributed by atoms with E-state index in [2.05, 4.69) is 55.7 Å². The zero-order valence-electron chi connectivity index (χ0n) is 10.2. The predicted molar refractivity (Wildman–Crippen MR) is 68.5 cm³/mol. The van der Waals surface area contributed by atoms with Crippen LogP contribution < -0.4 is 5.32 Å². The standard InChI is InChI=1S/C12H22N2S/c1-5-10(2)13-9-11(14(3)4)12-7-6-8-15-12/h6-8,10-11,13H,5,9H2,1-4H3. The summed E-state index contributed by atoms with van der Waals surface area (Å²) in [6.45, 7) is 5.48. The van der Waals surface area contributed by atoms with Crippen LogP contribution in [0, 0.1) is 0 Å². The fourth-order valence-corrected chi connectivity index (χ4v) is 2.40. The Balaban J connectivity index is 2.53. The minimum absolute atomic E-state index is 0.499. The van der Waals surface area contributed by atoms with Crippen molar-refractivity contribution in [2.75, 3.05) is 20.6 Å². The molecule has 1 N–H and O–H groups in total. The Morgan fingerprint density at radius 3 is 2.67 bits per heavy atom. The molecule has 0 aliphatic heterocycles. The predicted octanol–water partition coefficient (Wildman–Crippen LogP) is 2.74. The molecule has 0 radical (unpaired) electrons. The number of hydrogen-bond acceptors (Lipinski definition) is 3. The van der Waals surface area contributed by atoms with Gasteiger partial charge in [-0.1, -0.05) is 13.0 Å². The molecule has 0 aliphatic rings. The number of nitrogens with one attached hydrogen (secondary N) is 1. The molecule has 0 aromatic carbocycles. The largest absolute Gasteiger partial charge is 0.312 e. The minimum Gasteiger partial charge on any atom is -0.312 e. The number of rotatable bonds is 6. The van der Waals surface area contributed by atoms with Crippen molar-refractivity contribution in [2.24, 2.45) is 0 Å². The molecule has 2 atom stereocenters. The molecule has 86 valence electrons. The lowest BCUT2D eigenvalue weighted by Gasteiger charge is -2.25. The number of nitrogens with zero attached hydrogens (tertiary/aromatic N) is 1. The van der Waals surface area contributed by atoms with Crippen molar-refractivity contribution < 1.29 is 0 Å². The van der Waals surface area contributed by atoms with Crippen LogP contribution in [0.2, 0.25) is 0 Å². The summed E-state index contributed by atoms with van der Waals surface area (Å²) in [7, 11) is 4.28. The molecular weight excluding hydrogens is 204 g/mol. The van der Waals surface area contributed by atoms with Crippen LogP contribution >= 0.6 is 11.3 Å². The van der Waals surface area contributed by atoms with E-state index in [1.54, 1.807) is 0 Å². The van der Waals surface area contributed by atoms with Gasteiger partial charge in [-0.3, -0.25) is 0 Å². The Morgan fingerprint density at radius 1 is 1.47 bits per heavy atom. The van der Waals surface area contributed by atoms with E-state index >= 15 is 0 Å². The highest BCUT2D eigenvalue weighted by Crippen LogP contribution is 2.22. The van der Waals surface area contributed by atoms with Gasteiger partial charge in [0, 0.05) is 17.5 Å². The Hall–Kier alpha value is -0.380. The van der Waals surface area contributed by atoms with Crippen LogP contribution in [0.5, 0.6) is 0 Å². The van der Waals surface area contributed by atoms with Gasteiger partial charge in [-0.25, -0.2) is 0 Å². The van der Waals surface area contributed by atoms with Crippen molar-refractivity contribution in [2.45, 2.75) is 32.4 Å². The van der Waals surface area contributed by atoms with Gasteiger partial charge in [-0.2, -0.15) is 0 Å². The minimum atomic E-state index is 0.499. The van der Waals surface area contributed by atoms with Crippen LogP contribution in [0.4, 0.5) is 0 Å². The van der Waals surface area contributed by atoms with E-state index in [9.17, 15) is 0 Å². The lowest BCUT2D eigenvalue weighted by atomic mass is 10.2. The van der Waals surface area contributed by atoms with E-state index in [1.165, 1.54) is 11.3 Å². The molecule has 1 heterocycles. The first-order valence-corrected chi connectivity index (χ1v) is 6.46. The average Bonchev–Trinajstić information content (AvgIpc) is 2.70. The van der Waals surface area contributed by atoms with Crippen LogP contribution in [-0.4, -0.2) is 31.6 Å². The van der Waals surface area contributed by atoms with Crippen molar-refractivity contribution >= 4 is 11.3 Å². The van der Waals surface area contributed by atoms with Gasteiger partial charge in [-0.05, 0) is 38.9 Å². The van der Waals surface area contributed by atoms with Crippen LogP contribution in [0.15, 0.2) is 17.5 Å². The molecule has 0 saturated heterocycles. The topological polar surface area (TPSA) is 15.3 Å². The van der Waals surface area contributed by atoms with Gasteiger partial charge in [0.1, 0.15) is 0 Å². The van der Waals surface area contributed by atoms with Gasteiger partial charge in [0.05, 0.1) is 6.04 Å². The summed E-state index contributed by atoms with van der Waals surface area (Å²) in [4.78, 5) is 3.72. The van der Waals surface area contributed by atoms with Crippen LogP contribution in [0.3, 0.4) is 0 Å². The van der Waals surface area contributed by atoms with Crippen molar-refractivity contribution in [3.05, 3.63) is 22.4 Å². The molecule has 0 saturated carbocycles. The molecule has 2 unspecified atom stereocenters. The maximum absolute atomic E-state index is 3.57. The molecule has 0 amide bonds. The third-order valence-electron chi connectivity index (χ3n) is 2.77. The first-order valence-electron chi connectivity index (χ1n) is 5.58. The summed E-state index contributed by atoms with van der Waals surface area (Å²) in [6, 6.07) is 5.44. The van der Waals surface area contributed by atoms with E-state index in [0.29, 0.717) is 12.1 Å². The Labute approximate surface area is 97.3 Å². The summed E-state index contributed by atoms with van der Waals surface area (Å²) < 4.78 is 0. The quantitative estimate of drug-likeness (QED) is 0.802. The molecular formula is C12H22N2S. The van der Waals surface area contributed by atoms with Gasteiger partial charge < -0.3 is 10.2 Å². The highest BCUT2D eigenvalue weighted by Gasteiger charge is 2.15. The van der Waals surface area contributed by atoms with E-state index in [1.807, 2.05) is 11.3 Å². The van der Waals surface area contributed by atoms with E-state index in [-0.39, 0.29) is 0 Å². The fourth-order valence-electron chi connectivity index (χ4n) is 1.48. The van der Waals surface area contributed by atoms with Gasteiger partial charge in [0.25, 0.3) is 0 Å². The Kier molecular flexibility index (Phi) is 5.29. The van der Waals surface area contributed by atoms with E-state index < -0.39 is 0 Å². The second kappa shape index (κ2) is 6.26. The summed E-state index contributed by atoms with van der Waals surface area (Å²) >= 11 is 1.84. The second-order valence-electron chi connectivity index (χ2n) is 4.21. The third kappa shape index (κ3) is 3.93. The SMILES string of the molecule is CCC(C)NCC(c1cccs1)N(C)C. The molecule has 2 nitrogen and oxygen atoms in total. The highest BCUT2D eigenvalue weighted by molar-refractivity contribution is 7.10. The number of hydrogen-bond donors (Lipinski definition) is 1. The first kappa shape index (κ1) is 12.7. The van der Waals surface area contributed by atoms with Crippen LogP contribution in [0.25, 0.3) is 0 Å². The van der Waals surface area contributed by atoms with Crippen molar-refractivity contribution in [1.82, 2.24) is 10.2 Å². The molecule has 0 bridgehead atoms. The maximum atomic E-state index is 3.57. The molecule has 1 aromatic rings. The molecule has 15 heavy (non-hydrogen) atoms. The maximum Gasteiger partial charge on any atom is 0.0561 e. The van der Waals surface area contributed by atoms with Gasteiger partial charge in [0.2, 0.25) is 0 Å². The van der Waals surface area contributed by atoms with Crippen LogP contribution in [0.1, 0.15) is 31.2 Å². The highest BCUT2D eigenvalue weighted by atomic mass is 32.1. The molecule has 0 fully saturated rings. The smallest absolute Gasteiger partial charge is 0.0561 e. The van der Waals surface area contributed by atoms with Gasteiger partial charge in [-0.15, -0.1) is 11.3 Å². The third-order valence-corrected chi connectivity index (χ3v) is 3.74. The summed E-state index contributed by atoms with van der Waals surface area (Å²) in [6.07, 6.45) is 1.19. The molecule has 3 heteroatoms. The normalized spacial score (nSPS) is 15.5. The Morgan fingerprint density at radius 2 is 2.20 bits per heavy atom. The molecule has 0 spiro atoms. The van der Waals surface area contributed by atoms with Crippen LogP contribution in [-0.2, 0) is 0 Å². The molecule has 1 rings (SSSR count). The molecule has 0 aliphatic carbocycles.